The molecule has 1 N–H and O–H groups in total. The molecule has 1 unspecified atom stereocenters. The molecule has 1 aromatic rings. The van der Waals surface area contributed by atoms with Crippen LogP contribution >= 0.6 is 0 Å². The molecule has 2 heteroatoms. The van der Waals surface area contributed by atoms with E-state index in [-0.39, 0.29) is 11.5 Å². The van der Waals surface area contributed by atoms with Gasteiger partial charge in [0.05, 0.1) is 19.3 Å². The van der Waals surface area contributed by atoms with E-state index < -0.39 is 0 Å². The highest BCUT2D eigenvalue weighted by atomic mass is 16.5. The fourth-order valence-electron chi connectivity index (χ4n) is 2.76. The van der Waals surface area contributed by atoms with Crippen LogP contribution in [0.15, 0.2) is 18.2 Å². The fourth-order valence-corrected chi connectivity index (χ4v) is 2.76. The average Bonchev–Trinajstić information content (AvgIpc) is 3.09. The van der Waals surface area contributed by atoms with Crippen molar-refractivity contribution in [1.82, 2.24) is 0 Å². The van der Waals surface area contributed by atoms with Gasteiger partial charge in [0.15, 0.2) is 0 Å². The van der Waals surface area contributed by atoms with Gasteiger partial charge in [-0.2, -0.15) is 0 Å². The highest BCUT2D eigenvalue weighted by Gasteiger charge is 2.48. The minimum Gasteiger partial charge on any atom is -0.392 e. The summed E-state index contributed by atoms with van der Waals surface area (Å²) in [5.74, 6) is 0. The SMILES string of the molecule is CC(O)C1(c2ccc3c(c2)CCOC3)CC1. The van der Waals surface area contributed by atoms with Gasteiger partial charge in [0.25, 0.3) is 0 Å². The van der Waals surface area contributed by atoms with Gasteiger partial charge < -0.3 is 9.84 Å². The molecule has 2 aliphatic rings. The number of benzene rings is 1. The molecule has 86 valence electrons. The van der Waals surface area contributed by atoms with Gasteiger partial charge in [-0.3, -0.25) is 0 Å². The number of aliphatic hydroxyl groups is 1. The maximum Gasteiger partial charge on any atom is 0.0719 e. The van der Waals surface area contributed by atoms with Gasteiger partial charge in [0.2, 0.25) is 0 Å². The number of ether oxygens (including phenoxy) is 1. The predicted molar refractivity (Wildman–Crippen MR) is 62.4 cm³/mol. The maximum atomic E-state index is 9.88. The summed E-state index contributed by atoms with van der Waals surface area (Å²) in [5, 5.41) is 9.88. The lowest BCUT2D eigenvalue weighted by Gasteiger charge is -2.23. The van der Waals surface area contributed by atoms with Crippen molar-refractivity contribution >= 4 is 0 Å². The standard InChI is InChI=1S/C14H18O2/c1-10(15)14(5-6-14)13-3-2-12-9-16-7-4-11(12)8-13/h2-3,8,10,15H,4-7,9H2,1H3. The second-order valence-electron chi connectivity index (χ2n) is 5.12. The van der Waals surface area contributed by atoms with Gasteiger partial charge in [-0.05, 0) is 42.9 Å². The molecule has 1 aliphatic heterocycles. The van der Waals surface area contributed by atoms with E-state index in [1.807, 2.05) is 6.92 Å². The first kappa shape index (κ1) is 10.3. The van der Waals surface area contributed by atoms with E-state index in [4.69, 9.17) is 4.74 Å². The average molecular weight is 218 g/mol. The van der Waals surface area contributed by atoms with Crippen molar-refractivity contribution in [2.45, 2.75) is 44.3 Å². The van der Waals surface area contributed by atoms with Crippen LogP contribution in [0, 0.1) is 0 Å². The zero-order chi connectivity index (χ0) is 11.2. The maximum absolute atomic E-state index is 9.88. The molecule has 1 aromatic carbocycles. The zero-order valence-electron chi connectivity index (χ0n) is 9.70. The van der Waals surface area contributed by atoms with E-state index >= 15 is 0 Å². The van der Waals surface area contributed by atoms with Crippen LogP contribution in [0.2, 0.25) is 0 Å². The molecule has 16 heavy (non-hydrogen) atoms. The van der Waals surface area contributed by atoms with Crippen molar-refractivity contribution in [2.75, 3.05) is 6.61 Å². The summed E-state index contributed by atoms with van der Waals surface area (Å²) in [7, 11) is 0. The molecule has 1 aliphatic carbocycles. The molecule has 0 spiro atoms. The molecule has 0 aromatic heterocycles. The lowest BCUT2D eigenvalue weighted by molar-refractivity contribution is 0.110. The number of hydrogen-bond donors (Lipinski definition) is 1. The molecule has 0 radical (unpaired) electrons. The van der Waals surface area contributed by atoms with E-state index in [1.165, 1.54) is 16.7 Å². The summed E-state index contributed by atoms with van der Waals surface area (Å²) in [6.45, 7) is 3.49. The Balaban J connectivity index is 1.97. The molecular formula is C14H18O2. The Morgan fingerprint density at radius 3 is 2.81 bits per heavy atom. The Morgan fingerprint density at radius 2 is 2.12 bits per heavy atom. The van der Waals surface area contributed by atoms with Gasteiger partial charge in [-0.15, -0.1) is 0 Å². The van der Waals surface area contributed by atoms with E-state index in [9.17, 15) is 5.11 Å². The number of fused-ring (bicyclic) bond motifs is 1. The molecule has 1 fully saturated rings. The second-order valence-corrected chi connectivity index (χ2v) is 5.12. The normalized spacial score (nSPS) is 23.6. The van der Waals surface area contributed by atoms with Crippen LogP contribution in [0.25, 0.3) is 0 Å². The van der Waals surface area contributed by atoms with Gasteiger partial charge in [-0.1, -0.05) is 18.2 Å². The molecule has 2 nitrogen and oxygen atoms in total. The van der Waals surface area contributed by atoms with Crippen molar-refractivity contribution in [1.29, 1.82) is 0 Å². The second kappa shape index (κ2) is 3.57. The number of aliphatic hydroxyl groups excluding tert-OH is 1. The van der Waals surface area contributed by atoms with E-state index in [0.717, 1.165) is 32.5 Å². The van der Waals surface area contributed by atoms with Gasteiger partial charge >= 0.3 is 0 Å². The van der Waals surface area contributed by atoms with Gasteiger partial charge in [0.1, 0.15) is 0 Å². The zero-order valence-corrected chi connectivity index (χ0v) is 9.70. The van der Waals surface area contributed by atoms with E-state index in [0.29, 0.717) is 0 Å². The molecule has 0 bridgehead atoms. The largest absolute Gasteiger partial charge is 0.392 e. The third-order valence-electron chi connectivity index (χ3n) is 4.14. The highest BCUT2D eigenvalue weighted by Crippen LogP contribution is 2.51. The third-order valence-corrected chi connectivity index (χ3v) is 4.14. The Hall–Kier alpha value is -0.860. The Kier molecular flexibility index (Phi) is 2.30. The first-order chi connectivity index (χ1) is 7.72. The highest BCUT2D eigenvalue weighted by molar-refractivity contribution is 5.40. The van der Waals surface area contributed by atoms with Gasteiger partial charge in [0, 0.05) is 5.41 Å². The van der Waals surface area contributed by atoms with Crippen molar-refractivity contribution in [3.63, 3.8) is 0 Å². The Bertz CT molecular complexity index is 405. The lowest BCUT2D eigenvalue weighted by atomic mass is 9.87. The molecule has 0 saturated heterocycles. The summed E-state index contributed by atoms with van der Waals surface area (Å²) >= 11 is 0. The molecule has 3 rings (SSSR count). The molecule has 1 saturated carbocycles. The molecule has 1 heterocycles. The van der Waals surface area contributed by atoms with Crippen molar-refractivity contribution in [3.8, 4) is 0 Å². The van der Waals surface area contributed by atoms with Crippen molar-refractivity contribution < 1.29 is 9.84 Å². The van der Waals surface area contributed by atoms with Crippen LogP contribution in [0.1, 0.15) is 36.5 Å². The summed E-state index contributed by atoms with van der Waals surface area (Å²) < 4.78 is 5.44. The topological polar surface area (TPSA) is 29.5 Å². The monoisotopic (exact) mass is 218 g/mol. The van der Waals surface area contributed by atoms with Crippen LogP contribution in [-0.4, -0.2) is 17.8 Å². The van der Waals surface area contributed by atoms with Crippen LogP contribution in [0.4, 0.5) is 0 Å². The minimum absolute atomic E-state index is 0.0628. The summed E-state index contributed by atoms with van der Waals surface area (Å²) in [6.07, 6.45) is 3.03. The summed E-state index contributed by atoms with van der Waals surface area (Å²) in [5.41, 5.74) is 4.11. The molecular weight excluding hydrogens is 200 g/mol. The first-order valence-electron chi connectivity index (χ1n) is 6.10. The van der Waals surface area contributed by atoms with E-state index in [2.05, 4.69) is 18.2 Å². The van der Waals surface area contributed by atoms with Crippen LogP contribution in [0.5, 0.6) is 0 Å². The molecule has 1 atom stereocenters. The lowest BCUT2D eigenvalue weighted by Crippen LogP contribution is -2.23. The van der Waals surface area contributed by atoms with Crippen molar-refractivity contribution in [2.24, 2.45) is 0 Å². The Morgan fingerprint density at radius 1 is 1.31 bits per heavy atom. The van der Waals surface area contributed by atoms with Crippen LogP contribution < -0.4 is 0 Å². The van der Waals surface area contributed by atoms with E-state index in [1.54, 1.807) is 0 Å². The van der Waals surface area contributed by atoms with Gasteiger partial charge in [-0.25, -0.2) is 0 Å². The van der Waals surface area contributed by atoms with Crippen molar-refractivity contribution in [3.05, 3.63) is 34.9 Å². The quantitative estimate of drug-likeness (QED) is 0.824. The van der Waals surface area contributed by atoms with Crippen LogP contribution in [0.3, 0.4) is 0 Å². The minimum atomic E-state index is -0.231. The third kappa shape index (κ3) is 1.48. The van der Waals surface area contributed by atoms with Crippen LogP contribution in [-0.2, 0) is 23.2 Å². The predicted octanol–water partition coefficient (Wildman–Crippen LogP) is 2.17. The fraction of sp³-hybridized carbons (Fsp3) is 0.571. The number of hydrogen-bond acceptors (Lipinski definition) is 2. The first-order valence-corrected chi connectivity index (χ1v) is 6.10. The molecule has 0 amide bonds. The Labute approximate surface area is 96.2 Å². The summed E-state index contributed by atoms with van der Waals surface area (Å²) in [6, 6.07) is 6.64. The smallest absolute Gasteiger partial charge is 0.0719 e. The number of rotatable bonds is 2. The summed E-state index contributed by atoms with van der Waals surface area (Å²) in [4.78, 5) is 0.